The van der Waals surface area contributed by atoms with Crippen LogP contribution < -0.4 is 15.5 Å². The topological polar surface area (TPSA) is 62.3 Å². The van der Waals surface area contributed by atoms with E-state index in [4.69, 9.17) is 4.74 Å². The zero-order valence-electron chi connectivity index (χ0n) is 11.7. The monoisotopic (exact) mass is 253 g/mol. The Morgan fingerprint density at radius 1 is 1.33 bits per heavy atom. The van der Waals surface area contributed by atoms with Gasteiger partial charge in [-0.05, 0) is 14.0 Å². The predicted octanol–water partition coefficient (Wildman–Crippen LogP) is 0.499. The minimum Gasteiger partial charge on any atom is -0.383 e. The summed E-state index contributed by atoms with van der Waals surface area (Å²) in [4.78, 5) is 10.9. The van der Waals surface area contributed by atoms with E-state index in [9.17, 15) is 0 Å². The SMILES string of the molecule is CNCCN(C)c1cc(NCCOC)nc(C)n1. The summed E-state index contributed by atoms with van der Waals surface area (Å²) in [6, 6.07) is 1.96. The Kier molecular flexibility index (Phi) is 6.38. The number of methoxy groups -OCH3 is 1. The molecule has 6 heteroatoms. The minimum atomic E-state index is 0.661. The highest BCUT2D eigenvalue weighted by Gasteiger charge is 2.05. The largest absolute Gasteiger partial charge is 0.383 e. The van der Waals surface area contributed by atoms with Crippen molar-refractivity contribution >= 4 is 11.6 Å². The quantitative estimate of drug-likeness (QED) is 0.658. The van der Waals surface area contributed by atoms with E-state index in [0.29, 0.717) is 6.61 Å². The molecule has 0 bridgehead atoms. The molecule has 102 valence electrons. The van der Waals surface area contributed by atoms with E-state index in [1.807, 2.05) is 27.1 Å². The van der Waals surface area contributed by atoms with Crippen LogP contribution in [0.1, 0.15) is 5.82 Å². The first-order chi connectivity index (χ1) is 8.67. The molecular formula is C12H23N5O. The zero-order valence-corrected chi connectivity index (χ0v) is 11.7. The first-order valence-electron chi connectivity index (χ1n) is 6.11. The highest BCUT2D eigenvalue weighted by atomic mass is 16.5. The number of nitrogens with one attached hydrogen (secondary N) is 2. The summed E-state index contributed by atoms with van der Waals surface area (Å²) in [5, 5.41) is 6.34. The molecule has 0 fully saturated rings. The number of aromatic nitrogens is 2. The molecule has 0 amide bonds. The van der Waals surface area contributed by atoms with Crippen molar-refractivity contribution in [2.45, 2.75) is 6.92 Å². The Hall–Kier alpha value is -1.40. The van der Waals surface area contributed by atoms with Gasteiger partial charge in [0.25, 0.3) is 0 Å². The van der Waals surface area contributed by atoms with E-state index >= 15 is 0 Å². The summed E-state index contributed by atoms with van der Waals surface area (Å²) in [7, 11) is 5.65. The number of nitrogens with zero attached hydrogens (tertiary/aromatic N) is 3. The third kappa shape index (κ3) is 4.85. The summed E-state index contributed by atoms with van der Waals surface area (Å²) >= 11 is 0. The molecule has 1 heterocycles. The molecule has 0 atom stereocenters. The highest BCUT2D eigenvalue weighted by Crippen LogP contribution is 2.14. The standard InChI is InChI=1S/C12H23N5O/c1-10-15-11(14-6-8-18-4)9-12(16-10)17(3)7-5-13-2/h9,13H,5-8H2,1-4H3,(H,14,15,16). The van der Waals surface area contributed by atoms with Crippen LogP contribution in [0, 0.1) is 6.92 Å². The van der Waals surface area contributed by atoms with E-state index in [1.165, 1.54) is 0 Å². The number of aryl methyl sites for hydroxylation is 1. The first-order valence-corrected chi connectivity index (χ1v) is 6.11. The Bertz CT molecular complexity index is 358. The average Bonchev–Trinajstić information content (AvgIpc) is 2.35. The second kappa shape index (κ2) is 7.84. The lowest BCUT2D eigenvalue weighted by molar-refractivity contribution is 0.210. The summed E-state index contributed by atoms with van der Waals surface area (Å²) in [6.45, 7) is 5.13. The fraction of sp³-hybridized carbons (Fsp3) is 0.667. The van der Waals surface area contributed by atoms with Gasteiger partial charge in [0, 0.05) is 39.9 Å². The van der Waals surface area contributed by atoms with Crippen LogP contribution in [0.2, 0.25) is 0 Å². The molecule has 1 aromatic heterocycles. The second-order valence-corrected chi connectivity index (χ2v) is 4.10. The highest BCUT2D eigenvalue weighted by molar-refractivity contribution is 5.48. The van der Waals surface area contributed by atoms with Crippen LogP contribution in [0.3, 0.4) is 0 Å². The van der Waals surface area contributed by atoms with E-state index in [0.717, 1.165) is 37.1 Å². The van der Waals surface area contributed by atoms with Gasteiger partial charge in [0.2, 0.25) is 0 Å². The number of ether oxygens (including phenoxy) is 1. The number of hydrogen-bond donors (Lipinski definition) is 2. The maximum atomic E-state index is 5.00. The lowest BCUT2D eigenvalue weighted by Crippen LogP contribution is -2.28. The summed E-state index contributed by atoms with van der Waals surface area (Å²) in [5.41, 5.74) is 0. The fourth-order valence-corrected chi connectivity index (χ4v) is 1.51. The molecule has 0 aliphatic carbocycles. The smallest absolute Gasteiger partial charge is 0.134 e. The molecule has 0 spiro atoms. The van der Waals surface area contributed by atoms with Crippen molar-refractivity contribution in [1.82, 2.24) is 15.3 Å². The van der Waals surface area contributed by atoms with E-state index in [-0.39, 0.29) is 0 Å². The van der Waals surface area contributed by atoms with Crippen LogP contribution in [-0.4, -0.2) is 57.4 Å². The molecule has 0 aliphatic rings. The van der Waals surface area contributed by atoms with Gasteiger partial charge >= 0.3 is 0 Å². The van der Waals surface area contributed by atoms with Crippen molar-refractivity contribution < 1.29 is 4.74 Å². The first kappa shape index (κ1) is 14.7. The molecular weight excluding hydrogens is 230 g/mol. The van der Waals surface area contributed by atoms with Crippen molar-refractivity contribution in [2.24, 2.45) is 0 Å². The molecule has 2 N–H and O–H groups in total. The maximum Gasteiger partial charge on any atom is 0.134 e. The molecule has 18 heavy (non-hydrogen) atoms. The van der Waals surface area contributed by atoms with Gasteiger partial charge in [-0.3, -0.25) is 0 Å². The molecule has 0 aliphatic heterocycles. The minimum absolute atomic E-state index is 0.661. The van der Waals surface area contributed by atoms with Crippen LogP contribution >= 0.6 is 0 Å². The van der Waals surface area contributed by atoms with Crippen LogP contribution in [0.15, 0.2) is 6.07 Å². The molecule has 0 saturated heterocycles. The Balaban J connectivity index is 2.67. The lowest BCUT2D eigenvalue weighted by Gasteiger charge is -2.19. The van der Waals surface area contributed by atoms with Gasteiger partial charge in [-0.1, -0.05) is 0 Å². The van der Waals surface area contributed by atoms with Crippen LogP contribution in [-0.2, 0) is 4.74 Å². The van der Waals surface area contributed by atoms with Gasteiger partial charge in [-0.15, -0.1) is 0 Å². The van der Waals surface area contributed by atoms with Gasteiger partial charge < -0.3 is 20.3 Å². The lowest BCUT2D eigenvalue weighted by atomic mass is 10.4. The second-order valence-electron chi connectivity index (χ2n) is 4.10. The molecule has 1 aromatic rings. The Morgan fingerprint density at radius 2 is 2.11 bits per heavy atom. The van der Waals surface area contributed by atoms with Crippen molar-refractivity contribution in [1.29, 1.82) is 0 Å². The third-order valence-electron chi connectivity index (χ3n) is 2.53. The molecule has 0 saturated carbocycles. The van der Waals surface area contributed by atoms with Crippen LogP contribution in [0.25, 0.3) is 0 Å². The average molecular weight is 253 g/mol. The van der Waals surface area contributed by atoms with Crippen LogP contribution in [0.4, 0.5) is 11.6 Å². The van der Waals surface area contributed by atoms with Crippen molar-refractivity contribution in [3.63, 3.8) is 0 Å². The van der Waals surface area contributed by atoms with Gasteiger partial charge in [0.1, 0.15) is 17.5 Å². The number of anilines is 2. The predicted molar refractivity (Wildman–Crippen MR) is 74.3 cm³/mol. The number of hydrogen-bond acceptors (Lipinski definition) is 6. The Labute approximate surface area is 109 Å². The fourth-order valence-electron chi connectivity index (χ4n) is 1.51. The molecule has 0 radical (unpaired) electrons. The van der Waals surface area contributed by atoms with Crippen molar-refractivity contribution in [3.05, 3.63) is 11.9 Å². The van der Waals surface area contributed by atoms with Gasteiger partial charge in [0.15, 0.2) is 0 Å². The van der Waals surface area contributed by atoms with Gasteiger partial charge in [0.05, 0.1) is 6.61 Å². The molecule has 1 rings (SSSR count). The summed E-state index contributed by atoms with van der Waals surface area (Å²) in [5.74, 6) is 2.53. The number of rotatable bonds is 8. The molecule has 0 aromatic carbocycles. The normalized spacial score (nSPS) is 10.4. The van der Waals surface area contributed by atoms with E-state index in [1.54, 1.807) is 7.11 Å². The van der Waals surface area contributed by atoms with Gasteiger partial charge in [-0.25, -0.2) is 9.97 Å². The van der Waals surface area contributed by atoms with E-state index in [2.05, 4.69) is 25.5 Å². The summed E-state index contributed by atoms with van der Waals surface area (Å²) < 4.78 is 5.00. The summed E-state index contributed by atoms with van der Waals surface area (Å²) in [6.07, 6.45) is 0. The van der Waals surface area contributed by atoms with Gasteiger partial charge in [-0.2, -0.15) is 0 Å². The van der Waals surface area contributed by atoms with E-state index < -0.39 is 0 Å². The molecule has 6 nitrogen and oxygen atoms in total. The van der Waals surface area contributed by atoms with Crippen LogP contribution in [0.5, 0.6) is 0 Å². The number of likely N-dealkylation sites (N-methyl/N-ethyl adjacent to an activating group) is 2. The van der Waals surface area contributed by atoms with Crippen molar-refractivity contribution in [3.8, 4) is 0 Å². The van der Waals surface area contributed by atoms with Crippen molar-refractivity contribution in [2.75, 3.05) is 57.7 Å². The zero-order chi connectivity index (χ0) is 13.4. The third-order valence-corrected chi connectivity index (χ3v) is 2.53. The maximum absolute atomic E-state index is 5.00. The molecule has 0 unspecified atom stereocenters. The Morgan fingerprint density at radius 3 is 2.78 bits per heavy atom.